The van der Waals surface area contributed by atoms with E-state index in [1.807, 2.05) is 6.92 Å². The Balaban J connectivity index is 1.18. The number of hydrogen-bond donors (Lipinski definition) is 2. The first-order valence-electron chi connectivity index (χ1n) is 10.3. The molecule has 10 nitrogen and oxygen atoms in total. The van der Waals surface area contributed by atoms with Gasteiger partial charge in [0.05, 0.1) is 18.6 Å². The van der Waals surface area contributed by atoms with Gasteiger partial charge in [0.25, 0.3) is 11.8 Å². The van der Waals surface area contributed by atoms with Gasteiger partial charge in [-0.2, -0.15) is 0 Å². The van der Waals surface area contributed by atoms with Gasteiger partial charge in [-0.3, -0.25) is 9.78 Å². The number of carbonyl (C=O) groups excluding carboxylic acids is 1. The SMILES string of the molecule is Cc1ncc(F)c2c1CC(CNCCc1cn(-c3cnc4c(n3)NC(=O)CO4)c(=O)o1)C2. The lowest BCUT2D eigenvalue weighted by Crippen LogP contribution is -2.27. The molecule has 0 saturated heterocycles. The van der Waals surface area contributed by atoms with Crippen LogP contribution in [0.4, 0.5) is 10.2 Å². The van der Waals surface area contributed by atoms with Crippen molar-refractivity contribution in [3.8, 4) is 11.7 Å². The fourth-order valence-electron chi connectivity index (χ4n) is 4.11. The van der Waals surface area contributed by atoms with Crippen molar-refractivity contribution in [3.05, 3.63) is 57.5 Å². The van der Waals surface area contributed by atoms with Crippen molar-refractivity contribution in [2.45, 2.75) is 26.2 Å². The van der Waals surface area contributed by atoms with Crippen molar-refractivity contribution in [1.29, 1.82) is 0 Å². The quantitative estimate of drug-likeness (QED) is 0.543. The Labute approximate surface area is 181 Å². The van der Waals surface area contributed by atoms with Crippen LogP contribution in [-0.2, 0) is 24.1 Å². The van der Waals surface area contributed by atoms with Crippen LogP contribution in [0.3, 0.4) is 0 Å². The molecule has 0 aromatic carbocycles. The van der Waals surface area contributed by atoms with Crippen LogP contribution < -0.4 is 21.1 Å². The summed E-state index contributed by atoms with van der Waals surface area (Å²) in [6.07, 6.45) is 6.23. The predicted octanol–water partition coefficient (Wildman–Crippen LogP) is 0.941. The number of carbonyl (C=O) groups is 1. The zero-order chi connectivity index (χ0) is 22.2. The summed E-state index contributed by atoms with van der Waals surface area (Å²) in [5.41, 5.74) is 2.69. The van der Waals surface area contributed by atoms with Gasteiger partial charge in [-0.15, -0.1) is 0 Å². The smallest absolute Gasteiger partial charge is 0.425 e. The Morgan fingerprint density at radius 1 is 1.25 bits per heavy atom. The molecule has 32 heavy (non-hydrogen) atoms. The number of nitrogens with one attached hydrogen (secondary N) is 2. The monoisotopic (exact) mass is 440 g/mol. The van der Waals surface area contributed by atoms with E-state index in [-0.39, 0.29) is 35.8 Å². The van der Waals surface area contributed by atoms with Crippen molar-refractivity contribution in [3.63, 3.8) is 0 Å². The van der Waals surface area contributed by atoms with E-state index in [0.29, 0.717) is 31.1 Å². The summed E-state index contributed by atoms with van der Waals surface area (Å²) >= 11 is 0. The first kappa shape index (κ1) is 20.3. The Bertz CT molecular complexity index is 1220. The van der Waals surface area contributed by atoms with Gasteiger partial charge in [0, 0.05) is 18.7 Å². The number of aryl methyl sites for hydroxylation is 1. The average molecular weight is 440 g/mol. The summed E-state index contributed by atoms with van der Waals surface area (Å²) < 4.78 is 25.7. The number of rotatable bonds is 6. The number of halogens is 1. The van der Waals surface area contributed by atoms with Gasteiger partial charge in [0.2, 0.25) is 0 Å². The van der Waals surface area contributed by atoms with Gasteiger partial charge in [0.15, 0.2) is 18.2 Å². The normalized spacial score (nSPS) is 16.9. The molecule has 4 heterocycles. The van der Waals surface area contributed by atoms with Crippen LogP contribution in [0.2, 0.25) is 0 Å². The third-order valence-electron chi connectivity index (χ3n) is 5.69. The summed E-state index contributed by atoms with van der Waals surface area (Å²) in [6.45, 7) is 3.12. The molecule has 0 radical (unpaired) electrons. The molecule has 5 rings (SSSR count). The summed E-state index contributed by atoms with van der Waals surface area (Å²) in [7, 11) is 0. The van der Waals surface area contributed by atoms with E-state index in [1.165, 1.54) is 17.0 Å². The van der Waals surface area contributed by atoms with Gasteiger partial charge in [-0.1, -0.05) is 0 Å². The van der Waals surface area contributed by atoms with Crippen molar-refractivity contribution in [2.24, 2.45) is 5.92 Å². The minimum atomic E-state index is -0.595. The van der Waals surface area contributed by atoms with Gasteiger partial charge in [0.1, 0.15) is 11.6 Å². The van der Waals surface area contributed by atoms with Crippen LogP contribution in [0, 0.1) is 18.7 Å². The Hall–Kier alpha value is -3.60. The Morgan fingerprint density at radius 3 is 2.94 bits per heavy atom. The lowest BCUT2D eigenvalue weighted by Gasteiger charge is -2.15. The van der Waals surface area contributed by atoms with E-state index in [2.05, 4.69) is 25.6 Å². The summed E-state index contributed by atoms with van der Waals surface area (Å²) in [5, 5.41) is 5.92. The second kappa shape index (κ2) is 8.15. The maximum absolute atomic E-state index is 14.0. The standard InChI is InChI=1S/C21H21FN6O4/c1-11-14-4-12(5-15(14)16(22)7-24-11)6-23-3-2-13-9-28(21(30)32-13)17-8-25-20-19(26-17)27-18(29)10-31-20/h7-9,12,23H,2-6,10H2,1H3,(H,26,27,29). The molecule has 0 spiro atoms. The van der Waals surface area contributed by atoms with Crippen LogP contribution in [-0.4, -0.2) is 45.1 Å². The molecule has 0 bridgehead atoms. The fourth-order valence-corrected chi connectivity index (χ4v) is 4.11. The number of hydrogen-bond acceptors (Lipinski definition) is 8. The highest BCUT2D eigenvalue weighted by Gasteiger charge is 2.26. The number of anilines is 1. The predicted molar refractivity (Wildman–Crippen MR) is 110 cm³/mol. The molecule has 2 aliphatic rings. The molecule has 2 N–H and O–H groups in total. The summed E-state index contributed by atoms with van der Waals surface area (Å²) in [6, 6.07) is 0. The second-order valence-corrected chi connectivity index (χ2v) is 7.93. The third-order valence-corrected chi connectivity index (χ3v) is 5.69. The molecule has 1 aliphatic carbocycles. The van der Waals surface area contributed by atoms with E-state index in [1.54, 1.807) is 6.20 Å². The van der Waals surface area contributed by atoms with Crippen molar-refractivity contribution < 1.29 is 18.3 Å². The second-order valence-electron chi connectivity index (χ2n) is 7.93. The van der Waals surface area contributed by atoms with Gasteiger partial charge >= 0.3 is 5.76 Å². The molecule has 1 unspecified atom stereocenters. The first-order valence-corrected chi connectivity index (χ1v) is 10.3. The molecular weight excluding hydrogens is 419 g/mol. The van der Waals surface area contributed by atoms with Crippen LogP contribution in [0.25, 0.3) is 5.82 Å². The highest BCUT2D eigenvalue weighted by atomic mass is 19.1. The number of nitrogens with zero attached hydrogens (tertiary/aromatic N) is 4. The molecule has 1 amide bonds. The fraction of sp³-hybridized carbons (Fsp3) is 0.381. The van der Waals surface area contributed by atoms with Crippen LogP contribution in [0.15, 0.2) is 27.8 Å². The first-order chi connectivity index (χ1) is 15.5. The number of amides is 1. The molecular formula is C21H21FN6O4. The lowest BCUT2D eigenvalue weighted by atomic mass is 10.1. The van der Waals surface area contributed by atoms with Crippen molar-refractivity contribution in [2.75, 3.05) is 25.0 Å². The molecule has 1 aliphatic heterocycles. The largest absolute Gasteiger partial charge is 0.465 e. The highest BCUT2D eigenvalue weighted by Crippen LogP contribution is 2.30. The number of fused-ring (bicyclic) bond motifs is 2. The summed E-state index contributed by atoms with van der Waals surface area (Å²) in [4.78, 5) is 36.1. The Morgan fingerprint density at radius 2 is 2.09 bits per heavy atom. The van der Waals surface area contributed by atoms with E-state index in [9.17, 15) is 14.0 Å². The summed E-state index contributed by atoms with van der Waals surface area (Å²) in [5.74, 6) is 0.218. The highest BCUT2D eigenvalue weighted by molar-refractivity contribution is 5.93. The molecule has 3 aromatic rings. The average Bonchev–Trinajstić information content (AvgIpc) is 3.38. The molecule has 1 atom stereocenters. The van der Waals surface area contributed by atoms with Gasteiger partial charge < -0.3 is 19.8 Å². The topological polar surface area (TPSA) is 124 Å². The molecule has 11 heteroatoms. The maximum Gasteiger partial charge on any atom is 0.425 e. The molecule has 0 fully saturated rings. The van der Waals surface area contributed by atoms with Gasteiger partial charge in [-0.05, 0) is 43.4 Å². The van der Waals surface area contributed by atoms with Crippen molar-refractivity contribution >= 4 is 11.7 Å². The van der Waals surface area contributed by atoms with Crippen LogP contribution in [0.1, 0.15) is 22.6 Å². The number of oxazole rings is 1. The van der Waals surface area contributed by atoms with E-state index in [0.717, 1.165) is 29.8 Å². The van der Waals surface area contributed by atoms with Crippen LogP contribution >= 0.6 is 0 Å². The Kier molecular flexibility index (Phi) is 5.17. The van der Waals surface area contributed by atoms with Crippen molar-refractivity contribution in [1.82, 2.24) is 24.8 Å². The molecule has 0 saturated carbocycles. The lowest BCUT2D eigenvalue weighted by molar-refractivity contribution is -0.118. The van der Waals surface area contributed by atoms with E-state index in [4.69, 9.17) is 9.15 Å². The van der Waals surface area contributed by atoms with Gasteiger partial charge in [-0.25, -0.2) is 23.7 Å². The van der Waals surface area contributed by atoms with E-state index < -0.39 is 5.76 Å². The minimum absolute atomic E-state index is 0.123. The minimum Gasteiger partial charge on any atom is -0.465 e. The third kappa shape index (κ3) is 3.86. The number of ether oxygens (including phenoxy) is 1. The van der Waals surface area contributed by atoms with Crippen LogP contribution in [0.5, 0.6) is 5.88 Å². The molecule has 3 aromatic heterocycles. The number of aromatic nitrogens is 4. The number of pyridine rings is 1. The zero-order valence-corrected chi connectivity index (χ0v) is 17.4. The van der Waals surface area contributed by atoms with E-state index >= 15 is 0 Å². The maximum atomic E-state index is 14.0. The zero-order valence-electron chi connectivity index (χ0n) is 17.4. The molecule has 166 valence electrons.